The van der Waals surface area contributed by atoms with Crippen molar-refractivity contribution in [3.8, 4) is 0 Å². The van der Waals surface area contributed by atoms with E-state index in [9.17, 15) is 4.79 Å². The van der Waals surface area contributed by atoms with Gasteiger partial charge in [0.2, 0.25) is 0 Å². The quantitative estimate of drug-likeness (QED) is 0.478. The van der Waals surface area contributed by atoms with E-state index in [0.717, 1.165) is 12.8 Å². The zero-order valence-corrected chi connectivity index (χ0v) is 10.00. The van der Waals surface area contributed by atoms with E-state index >= 15 is 0 Å². The van der Waals surface area contributed by atoms with Crippen molar-refractivity contribution >= 4 is 29.9 Å². The van der Waals surface area contributed by atoms with Crippen LogP contribution >= 0.6 is 24.0 Å². The highest BCUT2D eigenvalue weighted by Gasteiger charge is 1.96. The third-order valence-electron chi connectivity index (χ3n) is 1.60. The van der Waals surface area contributed by atoms with E-state index < -0.39 is 5.97 Å². The minimum atomic E-state index is -0.804. The molecular weight excluding hydrogens is 267 g/mol. The van der Waals surface area contributed by atoms with Crippen molar-refractivity contribution in [2.24, 2.45) is 0 Å². The monoisotopic (exact) mass is 284 g/mol. The fraction of sp³-hybridized carbons (Fsp3) is 0.667. The summed E-state index contributed by atoms with van der Waals surface area (Å²) in [4.78, 5) is 10.3. The summed E-state index contributed by atoms with van der Waals surface area (Å²) < 4.78 is 0. The van der Waals surface area contributed by atoms with E-state index in [1.807, 2.05) is 0 Å². The molecule has 0 aromatic heterocycles. The van der Waals surface area contributed by atoms with Gasteiger partial charge in [-0.3, -0.25) is 0 Å². The van der Waals surface area contributed by atoms with Crippen molar-refractivity contribution in [1.29, 1.82) is 0 Å². The van der Waals surface area contributed by atoms with Crippen molar-refractivity contribution < 1.29 is 9.90 Å². The van der Waals surface area contributed by atoms with Crippen LogP contribution in [0.3, 0.4) is 0 Å². The Morgan fingerprint density at radius 1 is 1.42 bits per heavy atom. The number of rotatable bonds is 5. The van der Waals surface area contributed by atoms with Gasteiger partial charge in [-0.25, -0.2) is 4.79 Å². The van der Waals surface area contributed by atoms with Crippen LogP contribution in [0, 0.1) is 0 Å². The minimum absolute atomic E-state index is 0. The Morgan fingerprint density at radius 3 is 2.42 bits per heavy atom. The number of allylic oxidation sites excluding steroid dienone is 1. The van der Waals surface area contributed by atoms with Gasteiger partial charge in [-0.15, -0.1) is 24.0 Å². The Hall–Kier alpha value is -0.0600. The maximum atomic E-state index is 10.3. The molecule has 2 nitrogen and oxygen atoms in total. The predicted molar refractivity (Wildman–Crippen MR) is 60.9 cm³/mol. The molecule has 0 atom stereocenters. The highest BCUT2D eigenvalue weighted by molar-refractivity contribution is 14.0. The first kappa shape index (κ1) is 14.5. The summed E-state index contributed by atoms with van der Waals surface area (Å²) in [5.41, 5.74) is 0.459. The molecule has 1 N–H and O–H groups in total. The minimum Gasteiger partial charge on any atom is -0.478 e. The van der Waals surface area contributed by atoms with Gasteiger partial charge in [-0.05, 0) is 19.8 Å². The standard InChI is InChI=1S/C9H16O2.HI/c1-3-4-5-6-7-8(2)9(10)11;/h7H,3-6H2,1-2H3,(H,10,11);1H. The first-order valence-corrected chi connectivity index (χ1v) is 4.08. The van der Waals surface area contributed by atoms with Gasteiger partial charge in [0.1, 0.15) is 0 Å². The number of carboxylic acid groups (broad SMARTS) is 1. The summed E-state index contributed by atoms with van der Waals surface area (Å²) >= 11 is 0. The number of unbranched alkanes of at least 4 members (excludes halogenated alkanes) is 3. The van der Waals surface area contributed by atoms with Gasteiger partial charge in [-0.1, -0.05) is 25.8 Å². The number of carbonyl (C=O) groups is 1. The lowest BCUT2D eigenvalue weighted by atomic mass is 10.1. The van der Waals surface area contributed by atoms with Crippen molar-refractivity contribution in [2.45, 2.75) is 39.5 Å². The Kier molecular flexibility index (Phi) is 10.9. The molecule has 3 heteroatoms. The second-order valence-electron chi connectivity index (χ2n) is 2.69. The normalized spacial score (nSPS) is 10.7. The number of hydrogen-bond acceptors (Lipinski definition) is 1. The highest BCUT2D eigenvalue weighted by Crippen LogP contribution is 2.02. The SMILES string of the molecule is CCCCCC=C(C)C(=O)O.I. The second-order valence-corrected chi connectivity index (χ2v) is 2.69. The summed E-state index contributed by atoms with van der Waals surface area (Å²) in [5.74, 6) is -0.804. The molecule has 0 saturated heterocycles. The van der Waals surface area contributed by atoms with Crippen molar-refractivity contribution in [3.05, 3.63) is 11.6 Å². The van der Waals surface area contributed by atoms with Crippen molar-refractivity contribution in [3.63, 3.8) is 0 Å². The van der Waals surface area contributed by atoms with Gasteiger partial charge < -0.3 is 5.11 Å². The summed E-state index contributed by atoms with van der Waals surface area (Å²) in [6.45, 7) is 3.77. The largest absolute Gasteiger partial charge is 0.478 e. The van der Waals surface area contributed by atoms with Crippen LogP contribution in [0.4, 0.5) is 0 Å². The molecule has 0 aliphatic carbocycles. The molecule has 0 aliphatic rings. The van der Waals surface area contributed by atoms with E-state index in [1.54, 1.807) is 13.0 Å². The van der Waals surface area contributed by atoms with Crippen LogP contribution in [0.15, 0.2) is 11.6 Å². The molecule has 0 aliphatic heterocycles. The van der Waals surface area contributed by atoms with E-state index in [2.05, 4.69) is 6.92 Å². The molecule has 0 unspecified atom stereocenters. The molecule has 0 radical (unpaired) electrons. The van der Waals surface area contributed by atoms with E-state index in [4.69, 9.17) is 5.11 Å². The summed E-state index contributed by atoms with van der Waals surface area (Å²) in [6.07, 6.45) is 6.15. The molecule has 0 amide bonds. The topological polar surface area (TPSA) is 37.3 Å². The molecule has 0 heterocycles. The number of carboxylic acids is 1. The van der Waals surface area contributed by atoms with Crippen LogP contribution in [0.25, 0.3) is 0 Å². The van der Waals surface area contributed by atoms with Crippen LogP contribution in [0.2, 0.25) is 0 Å². The molecule has 72 valence electrons. The van der Waals surface area contributed by atoms with Gasteiger partial charge in [0, 0.05) is 5.57 Å². The molecule has 0 aromatic rings. The first-order chi connectivity index (χ1) is 5.18. The average molecular weight is 284 g/mol. The zero-order valence-electron chi connectivity index (χ0n) is 7.67. The second kappa shape index (κ2) is 9.03. The molecule has 0 saturated carbocycles. The van der Waals surface area contributed by atoms with Crippen LogP contribution < -0.4 is 0 Å². The fourth-order valence-corrected chi connectivity index (χ4v) is 0.800. The van der Waals surface area contributed by atoms with Crippen LogP contribution in [-0.4, -0.2) is 11.1 Å². The summed E-state index contributed by atoms with van der Waals surface area (Å²) in [6, 6.07) is 0. The Morgan fingerprint density at radius 2 is 2.00 bits per heavy atom. The number of hydrogen-bond donors (Lipinski definition) is 1. The molecule has 12 heavy (non-hydrogen) atoms. The molecule has 0 fully saturated rings. The van der Waals surface area contributed by atoms with Gasteiger partial charge >= 0.3 is 5.97 Å². The Labute approximate surface area is 91.1 Å². The van der Waals surface area contributed by atoms with Gasteiger partial charge in [-0.2, -0.15) is 0 Å². The van der Waals surface area contributed by atoms with Gasteiger partial charge in [0.25, 0.3) is 0 Å². The third-order valence-corrected chi connectivity index (χ3v) is 1.60. The lowest BCUT2D eigenvalue weighted by Crippen LogP contribution is -1.95. The maximum Gasteiger partial charge on any atom is 0.330 e. The van der Waals surface area contributed by atoms with Gasteiger partial charge in [0.05, 0.1) is 0 Å². The summed E-state index contributed by atoms with van der Waals surface area (Å²) in [7, 11) is 0. The lowest BCUT2D eigenvalue weighted by Gasteiger charge is -1.93. The van der Waals surface area contributed by atoms with Crippen LogP contribution in [0.1, 0.15) is 39.5 Å². The highest BCUT2D eigenvalue weighted by atomic mass is 127. The van der Waals surface area contributed by atoms with E-state index in [0.29, 0.717) is 5.57 Å². The molecule has 0 rings (SSSR count). The molecular formula is C9H17IO2. The Bertz CT molecular complexity index is 153. The fourth-order valence-electron chi connectivity index (χ4n) is 0.800. The number of halogens is 1. The molecule has 0 spiro atoms. The average Bonchev–Trinajstić information content (AvgIpc) is 1.97. The third kappa shape index (κ3) is 8.04. The predicted octanol–water partition coefficient (Wildman–Crippen LogP) is 3.22. The lowest BCUT2D eigenvalue weighted by molar-refractivity contribution is -0.132. The van der Waals surface area contributed by atoms with E-state index in [1.165, 1.54) is 12.8 Å². The number of aliphatic carboxylic acids is 1. The van der Waals surface area contributed by atoms with Crippen molar-refractivity contribution in [2.75, 3.05) is 0 Å². The summed E-state index contributed by atoms with van der Waals surface area (Å²) in [5, 5.41) is 8.47. The van der Waals surface area contributed by atoms with E-state index in [-0.39, 0.29) is 24.0 Å². The molecule has 0 aromatic carbocycles. The molecule has 0 bridgehead atoms. The zero-order chi connectivity index (χ0) is 8.69. The van der Waals surface area contributed by atoms with Crippen LogP contribution in [-0.2, 0) is 4.79 Å². The Balaban J connectivity index is 0. The smallest absolute Gasteiger partial charge is 0.330 e. The first-order valence-electron chi connectivity index (χ1n) is 4.08. The maximum absolute atomic E-state index is 10.3. The van der Waals surface area contributed by atoms with Gasteiger partial charge in [0.15, 0.2) is 0 Å². The van der Waals surface area contributed by atoms with Crippen molar-refractivity contribution in [1.82, 2.24) is 0 Å². The van der Waals surface area contributed by atoms with Crippen LogP contribution in [0.5, 0.6) is 0 Å².